The van der Waals surface area contributed by atoms with E-state index >= 15 is 0 Å². The van der Waals surface area contributed by atoms with Crippen LogP contribution in [0.25, 0.3) is 0 Å². The van der Waals surface area contributed by atoms with Crippen LogP contribution >= 0.6 is 0 Å². The van der Waals surface area contributed by atoms with Gasteiger partial charge in [0.25, 0.3) is 17.2 Å². The number of rotatable bonds is 6. The van der Waals surface area contributed by atoms with Gasteiger partial charge in [-0.25, -0.2) is 0 Å². The monoisotopic (exact) mass is 358 g/mol. The van der Waals surface area contributed by atoms with Gasteiger partial charge in [-0.1, -0.05) is 0 Å². The Kier molecular flexibility index (Phi) is 4.23. The summed E-state index contributed by atoms with van der Waals surface area (Å²) in [5.41, 5.74) is 5.53. The highest BCUT2D eigenvalue weighted by Crippen LogP contribution is 2.38. The van der Waals surface area contributed by atoms with Crippen molar-refractivity contribution in [3.63, 3.8) is 0 Å². The summed E-state index contributed by atoms with van der Waals surface area (Å²) in [7, 11) is 0. The van der Waals surface area contributed by atoms with Crippen LogP contribution in [0.2, 0.25) is 0 Å². The Morgan fingerprint density at radius 2 is 1.92 bits per heavy atom. The van der Waals surface area contributed by atoms with Gasteiger partial charge in [-0.2, -0.15) is 0 Å². The fourth-order valence-electron chi connectivity index (χ4n) is 3.21. The molecule has 136 valence electrons. The first-order valence-corrected chi connectivity index (χ1v) is 8.11. The van der Waals surface area contributed by atoms with Gasteiger partial charge in [-0.3, -0.25) is 24.5 Å². The van der Waals surface area contributed by atoms with Gasteiger partial charge in [0.15, 0.2) is 5.78 Å². The maximum absolute atomic E-state index is 12.7. The zero-order chi connectivity index (χ0) is 19.2. The Bertz CT molecular complexity index is 997. The van der Waals surface area contributed by atoms with Crippen molar-refractivity contribution >= 4 is 17.4 Å². The third kappa shape index (κ3) is 3.03. The van der Waals surface area contributed by atoms with E-state index in [1.54, 1.807) is 6.07 Å². The first kappa shape index (κ1) is 17.6. The second-order valence-corrected chi connectivity index (χ2v) is 6.48. The van der Waals surface area contributed by atoms with Crippen molar-refractivity contribution in [2.45, 2.75) is 39.3 Å². The zero-order valence-corrected chi connectivity index (χ0v) is 14.4. The van der Waals surface area contributed by atoms with Gasteiger partial charge in [0.1, 0.15) is 5.56 Å². The number of carbonyl (C=O) groups excluding carboxylic acids is 2. The third-order valence-electron chi connectivity index (χ3n) is 4.56. The molecule has 1 saturated carbocycles. The largest absolute Gasteiger partial charge is 0.365 e. The molecule has 2 N–H and O–H groups in total. The minimum Gasteiger partial charge on any atom is -0.365 e. The summed E-state index contributed by atoms with van der Waals surface area (Å²) in [5.74, 6) is -1.44. The summed E-state index contributed by atoms with van der Waals surface area (Å²) < 4.78 is 2.96. The van der Waals surface area contributed by atoms with Crippen LogP contribution in [-0.2, 0) is 6.54 Å². The Labute approximate surface area is 148 Å². The van der Waals surface area contributed by atoms with E-state index in [1.165, 1.54) is 0 Å². The van der Waals surface area contributed by atoms with E-state index in [0.717, 1.165) is 41.1 Å². The Morgan fingerprint density at radius 1 is 1.27 bits per heavy atom. The predicted octanol–water partition coefficient (Wildman–Crippen LogP) is 1.49. The molecule has 3 rings (SSSR count). The van der Waals surface area contributed by atoms with Gasteiger partial charge in [0, 0.05) is 29.1 Å². The third-order valence-corrected chi connectivity index (χ3v) is 4.56. The second kappa shape index (κ2) is 6.25. The number of pyridine rings is 1. The smallest absolute Gasteiger partial charge is 0.286 e. The van der Waals surface area contributed by atoms with E-state index in [0.29, 0.717) is 11.6 Å². The number of aryl methyl sites for hydroxylation is 1. The molecule has 1 fully saturated rings. The normalized spacial score (nSPS) is 13.6. The van der Waals surface area contributed by atoms with E-state index < -0.39 is 34.2 Å². The second-order valence-electron chi connectivity index (χ2n) is 6.48. The van der Waals surface area contributed by atoms with E-state index in [-0.39, 0.29) is 5.78 Å². The van der Waals surface area contributed by atoms with Crippen LogP contribution in [-0.4, -0.2) is 25.7 Å². The molecular formula is C17H18N4O5. The topological polar surface area (TPSA) is 130 Å². The first-order chi connectivity index (χ1) is 12.2. The lowest BCUT2D eigenvalue weighted by molar-refractivity contribution is -0.385. The molecule has 0 spiro atoms. The molecule has 0 saturated heterocycles. The molecular weight excluding hydrogens is 340 g/mol. The van der Waals surface area contributed by atoms with Crippen LogP contribution in [0.3, 0.4) is 0 Å². The Hall–Kier alpha value is -3.23. The summed E-state index contributed by atoms with van der Waals surface area (Å²) in [4.78, 5) is 46.7. The Morgan fingerprint density at radius 3 is 2.46 bits per heavy atom. The molecule has 1 aliphatic rings. The molecule has 0 aliphatic heterocycles. The maximum atomic E-state index is 12.7. The van der Waals surface area contributed by atoms with E-state index in [1.807, 2.05) is 13.8 Å². The number of nitrogens with zero attached hydrogens (tertiary/aromatic N) is 3. The number of Topliss-reactive ketones (excluding diaryl/α,β-unsaturated/α-hetero) is 1. The van der Waals surface area contributed by atoms with E-state index in [9.17, 15) is 24.5 Å². The van der Waals surface area contributed by atoms with Gasteiger partial charge < -0.3 is 14.9 Å². The minimum absolute atomic E-state index is 0.358. The maximum Gasteiger partial charge on any atom is 0.286 e. The Balaban J connectivity index is 2.00. The molecule has 2 heterocycles. The fourth-order valence-corrected chi connectivity index (χ4v) is 3.21. The zero-order valence-electron chi connectivity index (χ0n) is 14.4. The lowest BCUT2D eigenvalue weighted by atomic mass is 10.1. The van der Waals surface area contributed by atoms with Crippen LogP contribution in [0.1, 0.15) is 51.0 Å². The molecule has 0 aromatic carbocycles. The molecule has 2 aromatic rings. The SMILES string of the molecule is Cc1cc(C(=O)Cn2cc([N+](=O)[O-])cc(C(N)=O)c2=O)c(C)n1C1CC1. The first-order valence-electron chi connectivity index (χ1n) is 8.11. The van der Waals surface area contributed by atoms with Crippen molar-refractivity contribution in [1.29, 1.82) is 0 Å². The number of carbonyl (C=O) groups is 2. The van der Waals surface area contributed by atoms with Gasteiger partial charge in [-0.15, -0.1) is 0 Å². The average Bonchev–Trinajstić information content (AvgIpc) is 3.34. The van der Waals surface area contributed by atoms with Gasteiger partial charge in [0.05, 0.1) is 17.7 Å². The van der Waals surface area contributed by atoms with Crippen molar-refractivity contribution < 1.29 is 14.5 Å². The molecule has 9 nitrogen and oxygen atoms in total. The fraction of sp³-hybridized carbons (Fsp3) is 0.353. The number of amides is 1. The van der Waals surface area contributed by atoms with Crippen molar-refractivity contribution in [1.82, 2.24) is 9.13 Å². The van der Waals surface area contributed by atoms with Crippen molar-refractivity contribution in [2.24, 2.45) is 5.73 Å². The van der Waals surface area contributed by atoms with Gasteiger partial charge in [0.2, 0.25) is 0 Å². The van der Waals surface area contributed by atoms with Crippen LogP contribution in [0.4, 0.5) is 5.69 Å². The minimum atomic E-state index is -1.08. The molecule has 1 aliphatic carbocycles. The van der Waals surface area contributed by atoms with Crippen LogP contribution in [0.5, 0.6) is 0 Å². The van der Waals surface area contributed by atoms with E-state index in [2.05, 4.69) is 4.57 Å². The number of hydrogen-bond donors (Lipinski definition) is 1. The number of aromatic nitrogens is 2. The summed E-state index contributed by atoms with van der Waals surface area (Å²) in [6, 6.07) is 2.98. The highest BCUT2D eigenvalue weighted by Gasteiger charge is 2.28. The number of nitrogens with two attached hydrogens (primary N) is 1. The van der Waals surface area contributed by atoms with Crippen molar-refractivity contribution in [3.8, 4) is 0 Å². The lowest BCUT2D eigenvalue weighted by Gasteiger charge is -2.09. The van der Waals surface area contributed by atoms with Gasteiger partial charge in [-0.05, 0) is 32.8 Å². The molecule has 0 radical (unpaired) electrons. The molecule has 2 aromatic heterocycles. The predicted molar refractivity (Wildman–Crippen MR) is 92.4 cm³/mol. The molecule has 9 heteroatoms. The average molecular weight is 358 g/mol. The van der Waals surface area contributed by atoms with Crippen LogP contribution < -0.4 is 11.3 Å². The number of primary amides is 1. The molecule has 26 heavy (non-hydrogen) atoms. The van der Waals surface area contributed by atoms with Crippen molar-refractivity contribution in [2.75, 3.05) is 0 Å². The molecule has 0 bridgehead atoms. The quantitative estimate of drug-likeness (QED) is 0.475. The summed E-state index contributed by atoms with van der Waals surface area (Å²) in [6.45, 7) is 3.34. The number of ketones is 1. The molecule has 0 atom stereocenters. The standard InChI is InChI=1S/C17H18N4O5/c1-9-5-13(10(2)20(9)11-3-4-11)15(22)8-19-7-12(21(25)26)6-14(16(18)23)17(19)24/h5-7,11H,3-4,8H2,1-2H3,(H2,18,23). The van der Waals surface area contributed by atoms with Crippen LogP contribution in [0, 0.1) is 24.0 Å². The molecule has 1 amide bonds. The summed E-state index contributed by atoms with van der Waals surface area (Å²) >= 11 is 0. The number of nitro groups is 1. The van der Waals surface area contributed by atoms with Crippen LogP contribution in [0.15, 0.2) is 23.1 Å². The molecule has 0 unspecified atom stereocenters. The lowest BCUT2D eigenvalue weighted by Crippen LogP contribution is -2.31. The highest BCUT2D eigenvalue weighted by molar-refractivity contribution is 5.97. The number of hydrogen-bond acceptors (Lipinski definition) is 5. The van der Waals surface area contributed by atoms with E-state index in [4.69, 9.17) is 5.73 Å². The summed E-state index contributed by atoms with van der Waals surface area (Å²) in [6.07, 6.45) is 3.08. The highest BCUT2D eigenvalue weighted by atomic mass is 16.6. The van der Waals surface area contributed by atoms with Crippen molar-refractivity contribution in [3.05, 3.63) is 61.3 Å². The van der Waals surface area contributed by atoms with Gasteiger partial charge >= 0.3 is 0 Å². The summed E-state index contributed by atoms with van der Waals surface area (Å²) in [5, 5.41) is 11.0.